The third kappa shape index (κ3) is 3.42. The Labute approximate surface area is 148 Å². The summed E-state index contributed by atoms with van der Waals surface area (Å²) in [5.41, 5.74) is 1.59. The van der Waals surface area contributed by atoms with Crippen molar-refractivity contribution in [3.05, 3.63) is 59.2 Å². The van der Waals surface area contributed by atoms with Crippen molar-refractivity contribution in [2.45, 2.75) is 36.7 Å². The molecule has 2 aromatic rings. The predicted molar refractivity (Wildman–Crippen MR) is 96.2 cm³/mol. The lowest BCUT2D eigenvalue weighted by atomic mass is 9.96. The van der Waals surface area contributed by atoms with Crippen LogP contribution in [0.3, 0.4) is 0 Å². The van der Waals surface area contributed by atoms with Crippen molar-refractivity contribution in [1.82, 2.24) is 4.72 Å². The smallest absolute Gasteiger partial charge is 0.244 e. The largest absolute Gasteiger partial charge is 0.495 e. The molecular formula is C19H23NO4S. The maximum absolute atomic E-state index is 12.8. The Hall–Kier alpha value is -1.89. The molecule has 6 heteroatoms. The van der Waals surface area contributed by atoms with E-state index in [2.05, 4.69) is 4.72 Å². The monoisotopic (exact) mass is 361 g/mol. The lowest BCUT2D eigenvalue weighted by molar-refractivity contribution is 0.0442. The van der Waals surface area contributed by atoms with Crippen LogP contribution in [-0.4, -0.2) is 27.2 Å². The van der Waals surface area contributed by atoms with Crippen LogP contribution in [0, 0.1) is 0 Å². The Morgan fingerprint density at radius 3 is 2.72 bits per heavy atom. The SMILES string of the molecule is CCc1ccc(OC)c(S(=O)(=O)NCC2(O)CCc3ccccc32)c1. The van der Waals surface area contributed by atoms with E-state index in [9.17, 15) is 13.5 Å². The van der Waals surface area contributed by atoms with Crippen molar-refractivity contribution in [1.29, 1.82) is 0 Å². The van der Waals surface area contributed by atoms with Gasteiger partial charge in [0.05, 0.1) is 7.11 Å². The molecule has 0 radical (unpaired) electrons. The van der Waals surface area contributed by atoms with Crippen LogP contribution in [0.1, 0.15) is 30.0 Å². The molecule has 0 heterocycles. The summed E-state index contributed by atoms with van der Waals surface area (Å²) in [6.45, 7) is 1.90. The van der Waals surface area contributed by atoms with Gasteiger partial charge in [-0.25, -0.2) is 13.1 Å². The summed E-state index contributed by atoms with van der Waals surface area (Å²) in [7, 11) is -2.35. The third-order valence-corrected chi connectivity index (χ3v) is 6.23. The first-order chi connectivity index (χ1) is 11.9. The number of hydrogen-bond acceptors (Lipinski definition) is 4. The second-order valence-electron chi connectivity index (χ2n) is 6.35. The maximum atomic E-state index is 12.8. The first-order valence-electron chi connectivity index (χ1n) is 8.37. The minimum Gasteiger partial charge on any atom is -0.495 e. The van der Waals surface area contributed by atoms with Gasteiger partial charge in [0.2, 0.25) is 10.0 Å². The number of benzene rings is 2. The predicted octanol–water partition coefficient (Wildman–Crippen LogP) is 2.37. The average molecular weight is 361 g/mol. The van der Waals surface area contributed by atoms with E-state index < -0.39 is 15.6 Å². The van der Waals surface area contributed by atoms with Crippen LogP contribution in [-0.2, 0) is 28.5 Å². The highest BCUT2D eigenvalue weighted by Crippen LogP contribution is 2.36. The number of methoxy groups -OCH3 is 1. The second-order valence-corrected chi connectivity index (χ2v) is 8.09. The molecule has 134 valence electrons. The number of rotatable bonds is 6. The Morgan fingerprint density at radius 2 is 2.00 bits per heavy atom. The summed E-state index contributed by atoms with van der Waals surface area (Å²) in [6.07, 6.45) is 1.97. The Bertz CT molecular complexity index is 879. The van der Waals surface area contributed by atoms with Crippen molar-refractivity contribution < 1.29 is 18.3 Å². The van der Waals surface area contributed by atoms with Gasteiger partial charge < -0.3 is 9.84 Å². The minimum atomic E-state index is -3.80. The molecule has 5 nitrogen and oxygen atoms in total. The molecule has 0 aromatic heterocycles. The van der Waals surface area contributed by atoms with Gasteiger partial charge in [0, 0.05) is 6.54 Å². The lowest BCUT2D eigenvalue weighted by Gasteiger charge is -2.24. The van der Waals surface area contributed by atoms with Gasteiger partial charge in [-0.2, -0.15) is 0 Å². The second kappa shape index (κ2) is 6.78. The number of aliphatic hydroxyl groups is 1. The van der Waals surface area contributed by atoms with Crippen LogP contribution in [0.5, 0.6) is 5.75 Å². The number of sulfonamides is 1. The summed E-state index contributed by atoms with van der Waals surface area (Å²) >= 11 is 0. The highest BCUT2D eigenvalue weighted by Gasteiger charge is 2.37. The van der Waals surface area contributed by atoms with E-state index in [0.717, 1.165) is 29.5 Å². The Kier molecular flexibility index (Phi) is 4.86. The van der Waals surface area contributed by atoms with Gasteiger partial charge in [-0.3, -0.25) is 0 Å². The van der Waals surface area contributed by atoms with E-state index in [4.69, 9.17) is 4.74 Å². The number of fused-ring (bicyclic) bond motifs is 1. The van der Waals surface area contributed by atoms with Crippen LogP contribution in [0.4, 0.5) is 0 Å². The van der Waals surface area contributed by atoms with E-state index >= 15 is 0 Å². The van der Waals surface area contributed by atoms with Gasteiger partial charge in [-0.15, -0.1) is 0 Å². The van der Waals surface area contributed by atoms with Crippen molar-refractivity contribution in [2.75, 3.05) is 13.7 Å². The fraction of sp³-hybridized carbons (Fsp3) is 0.368. The average Bonchev–Trinajstić information content (AvgIpc) is 2.97. The van der Waals surface area contributed by atoms with E-state index in [-0.39, 0.29) is 11.4 Å². The highest BCUT2D eigenvalue weighted by molar-refractivity contribution is 7.89. The van der Waals surface area contributed by atoms with E-state index in [1.807, 2.05) is 37.3 Å². The van der Waals surface area contributed by atoms with Gasteiger partial charge in [0.25, 0.3) is 0 Å². The standard InChI is InChI=1S/C19H23NO4S/c1-3-14-8-9-17(24-2)18(12-14)25(22,23)20-13-19(21)11-10-15-6-4-5-7-16(15)19/h4-9,12,20-21H,3,10-11,13H2,1-2H3. The molecule has 0 saturated heterocycles. The van der Waals surface area contributed by atoms with E-state index in [0.29, 0.717) is 12.2 Å². The lowest BCUT2D eigenvalue weighted by Crippen LogP contribution is -2.39. The number of hydrogen-bond donors (Lipinski definition) is 2. The first kappa shape index (κ1) is 17.9. The first-order valence-corrected chi connectivity index (χ1v) is 9.85. The molecule has 1 atom stereocenters. The van der Waals surface area contributed by atoms with Crippen LogP contribution in [0.25, 0.3) is 0 Å². The maximum Gasteiger partial charge on any atom is 0.244 e. The minimum absolute atomic E-state index is 0.0636. The van der Waals surface area contributed by atoms with Crippen molar-refractivity contribution in [2.24, 2.45) is 0 Å². The molecule has 0 amide bonds. The van der Waals surface area contributed by atoms with Gasteiger partial charge in [-0.05, 0) is 48.1 Å². The molecule has 2 aromatic carbocycles. The van der Waals surface area contributed by atoms with Crippen molar-refractivity contribution in [3.63, 3.8) is 0 Å². The summed E-state index contributed by atoms with van der Waals surface area (Å²) in [5, 5.41) is 10.9. The summed E-state index contributed by atoms with van der Waals surface area (Å²) in [6, 6.07) is 12.7. The van der Waals surface area contributed by atoms with E-state index in [1.165, 1.54) is 7.11 Å². The van der Waals surface area contributed by atoms with Crippen LogP contribution < -0.4 is 9.46 Å². The molecule has 1 aliphatic carbocycles. The summed E-state index contributed by atoms with van der Waals surface area (Å²) in [4.78, 5) is 0.101. The fourth-order valence-corrected chi connectivity index (χ4v) is 4.60. The summed E-state index contributed by atoms with van der Waals surface area (Å²) < 4.78 is 33.3. The molecule has 3 rings (SSSR count). The molecule has 25 heavy (non-hydrogen) atoms. The Balaban J connectivity index is 1.86. The fourth-order valence-electron chi connectivity index (χ4n) is 3.30. The van der Waals surface area contributed by atoms with Crippen molar-refractivity contribution >= 4 is 10.0 Å². The molecular weight excluding hydrogens is 338 g/mol. The van der Waals surface area contributed by atoms with Crippen LogP contribution >= 0.6 is 0 Å². The molecule has 0 spiro atoms. The molecule has 2 N–H and O–H groups in total. The van der Waals surface area contributed by atoms with Gasteiger partial charge in [0.1, 0.15) is 16.2 Å². The molecule has 0 bridgehead atoms. The molecule has 1 unspecified atom stereocenters. The molecule has 0 aliphatic heterocycles. The van der Waals surface area contributed by atoms with Gasteiger partial charge in [0.15, 0.2) is 0 Å². The van der Waals surface area contributed by atoms with Crippen LogP contribution in [0.2, 0.25) is 0 Å². The quantitative estimate of drug-likeness (QED) is 0.828. The molecule has 0 saturated carbocycles. The topological polar surface area (TPSA) is 75.6 Å². The molecule has 1 aliphatic rings. The normalized spacial score (nSPS) is 19.6. The number of ether oxygens (including phenoxy) is 1. The van der Waals surface area contributed by atoms with Gasteiger partial charge in [-0.1, -0.05) is 37.3 Å². The third-order valence-electron chi connectivity index (χ3n) is 4.81. The number of nitrogens with one attached hydrogen (secondary N) is 1. The zero-order valence-corrected chi connectivity index (χ0v) is 15.3. The highest BCUT2D eigenvalue weighted by atomic mass is 32.2. The van der Waals surface area contributed by atoms with Crippen molar-refractivity contribution in [3.8, 4) is 5.75 Å². The summed E-state index contributed by atoms with van der Waals surface area (Å²) in [5.74, 6) is 0.295. The zero-order valence-electron chi connectivity index (χ0n) is 14.5. The number of aryl methyl sites for hydroxylation is 2. The van der Waals surface area contributed by atoms with Crippen LogP contribution in [0.15, 0.2) is 47.4 Å². The van der Waals surface area contributed by atoms with Gasteiger partial charge >= 0.3 is 0 Å². The molecule has 0 fully saturated rings. The zero-order chi connectivity index (χ0) is 18.1. The van der Waals surface area contributed by atoms with E-state index in [1.54, 1.807) is 12.1 Å². The Morgan fingerprint density at radius 1 is 1.24 bits per heavy atom.